The van der Waals surface area contributed by atoms with E-state index in [2.05, 4.69) is 44.9 Å². The first kappa shape index (κ1) is 13.5. The normalized spacial score (nSPS) is 30.9. The highest BCUT2D eigenvalue weighted by molar-refractivity contribution is 5.14. The predicted octanol–water partition coefficient (Wildman–Crippen LogP) is 1.27. The van der Waals surface area contributed by atoms with Crippen molar-refractivity contribution in [3.8, 4) is 11.8 Å². The van der Waals surface area contributed by atoms with Crippen LogP contribution >= 0.6 is 0 Å². The maximum atomic E-state index is 6.08. The molecule has 1 aliphatic rings. The third kappa shape index (κ3) is 2.40. The van der Waals surface area contributed by atoms with Gasteiger partial charge in [0.2, 0.25) is 0 Å². The Morgan fingerprint density at radius 3 is 2.31 bits per heavy atom. The smallest absolute Gasteiger partial charge is 0.0828 e. The molecular formula is C13H24N2O. The molecule has 0 radical (unpaired) electrons. The first-order chi connectivity index (χ1) is 7.29. The number of ether oxygens (including phenoxy) is 1. The van der Waals surface area contributed by atoms with Gasteiger partial charge in [-0.15, -0.1) is 5.92 Å². The highest BCUT2D eigenvalue weighted by atomic mass is 16.5. The lowest BCUT2D eigenvalue weighted by molar-refractivity contribution is -0.0816. The van der Waals surface area contributed by atoms with E-state index in [1.165, 1.54) is 0 Å². The molecule has 0 aromatic carbocycles. The van der Waals surface area contributed by atoms with Crippen molar-refractivity contribution in [2.75, 3.05) is 13.1 Å². The third-order valence-electron chi connectivity index (χ3n) is 3.45. The van der Waals surface area contributed by atoms with E-state index in [4.69, 9.17) is 10.5 Å². The molecule has 16 heavy (non-hydrogen) atoms. The van der Waals surface area contributed by atoms with E-state index in [1.807, 2.05) is 6.92 Å². The summed E-state index contributed by atoms with van der Waals surface area (Å²) in [5.41, 5.74) is 5.38. The molecule has 0 saturated carbocycles. The van der Waals surface area contributed by atoms with Gasteiger partial charge in [0.1, 0.15) is 0 Å². The van der Waals surface area contributed by atoms with Gasteiger partial charge in [0.25, 0.3) is 0 Å². The summed E-state index contributed by atoms with van der Waals surface area (Å²) in [6, 6.07) is 0. The lowest BCUT2D eigenvalue weighted by Gasteiger charge is -2.39. The highest BCUT2D eigenvalue weighted by Gasteiger charge is 2.56. The Hall–Kier alpha value is -0.560. The van der Waals surface area contributed by atoms with Gasteiger partial charge in [-0.2, -0.15) is 0 Å². The summed E-state index contributed by atoms with van der Waals surface area (Å²) in [5.74, 6) is 5.91. The molecule has 0 aliphatic carbocycles. The van der Waals surface area contributed by atoms with Crippen LogP contribution < -0.4 is 11.1 Å². The molecule has 3 nitrogen and oxygen atoms in total. The van der Waals surface area contributed by atoms with Gasteiger partial charge >= 0.3 is 0 Å². The molecule has 1 saturated heterocycles. The van der Waals surface area contributed by atoms with Crippen LogP contribution in [0.5, 0.6) is 0 Å². The lowest BCUT2D eigenvalue weighted by Crippen LogP contribution is -2.61. The molecule has 1 unspecified atom stereocenters. The molecule has 1 heterocycles. The second-order valence-corrected chi connectivity index (χ2v) is 5.62. The van der Waals surface area contributed by atoms with Crippen LogP contribution in [0.4, 0.5) is 0 Å². The van der Waals surface area contributed by atoms with E-state index in [9.17, 15) is 0 Å². The second kappa shape index (κ2) is 4.37. The van der Waals surface area contributed by atoms with Crippen molar-refractivity contribution < 1.29 is 4.74 Å². The number of nitrogens with two attached hydrogens (primary N) is 1. The minimum absolute atomic E-state index is 0.129. The largest absolute Gasteiger partial charge is 0.368 e. The molecule has 1 fully saturated rings. The van der Waals surface area contributed by atoms with Gasteiger partial charge in [-0.25, -0.2) is 0 Å². The Balaban J connectivity index is 2.88. The summed E-state index contributed by atoms with van der Waals surface area (Å²) in [6.45, 7) is 11.5. The topological polar surface area (TPSA) is 47.3 Å². The zero-order chi connectivity index (χ0) is 12.4. The summed E-state index contributed by atoms with van der Waals surface area (Å²) in [7, 11) is 0. The maximum absolute atomic E-state index is 6.08. The molecule has 3 N–H and O–H groups in total. The lowest BCUT2D eigenvalue weighted by atomic mass is 9.79. The molecule has 92 valence electrons. The van der Waals surface area contributed by atoms with Crippen LogP contribution in [0.25, 0.3) is 0 Å². The Bertz CT molecular complexity index is 312. The highest BCUT2D eigenvalue weighted by Crippen LogP contribution is 2.44. The standard InChI is InChI=1S/C13H24N2O/c1-6-7-8-15-13(10-14)9-11(2,3)16-12(13,4)5/h15H,8-10,14H2,1-5H3. The molecule has 0 spiro atoms. The molecule has 0 aromatic heterocycles. The number of rotatable bonds is 3. The van der Waals surface area contributed by atoms with Gasteiger partial charge in [-0.05, 0) is 41.0 Å². The van der Waals surface area contributed by atoms with Crippen molar-refractivity contribution in [3.63, 3.8) is 0 Å². The van der Waals surface area contributed by atoms with E-state index in [1.54, 1.807) is 0 Å². The van der Waals surface area contributed by atoms with Crippen LogP contribution in [0.1, 0.15) is 41.0 Å². The van der Waals surface area contributed by atoms with Crippen LogP contribution in [0.3, 0.4) is 0 Å². The van der Waals surface area contributed by atoms with Crippen molar-refractivity contribution in [1.29, 1.82) is 0 Å². The molecule has 1 rings (SSSR count). The van der Waals surface area contributed by atoms with Crippen molar-refractivity contribution in [3.05, 3.63) is 0 Å². The van der Waals surface area contributed by atoms with Crippen LogP contribution in [0.15, 0.2) is 0 Å². The Kier molecular flexibility index (Phi) is 3.69. The van der Waals surface area contributed by atoms with Gasteiger partial charge in [-0.1, -0.05) is 5.92 Å². The van der Waals surface area contributed by atoms with Crippen molar-refractivity contribution in [1.82, 2.24) is 5.32 Å². The zero-order valence-corrected chi connectivity index (χ0v) is 11.1. The first-order valence-electron chi connectivity index (χ1n) is 5.83. The van der Waals surface area contributed by atoms with Gasteiger partial charge in [0.05, 0.1) is 23.3 Å². The Morgan fingerprint density at radius 1 is 1.31 bits per heavy atom. The Labute approximate surface area is 99.1 Å². The zero-order valence-electron chi connectivity index (χ0n) is 11.1. The quantitative estimate of drug-likeness (QED) is 0.710. The molecule has 0 bridgehead atoms. The molecule has 1 aliphatic heterocycles. The van der Waals surface area contributed by atoms with Crippen LogP contribution in [0, 0.1) is 11.8 Å². The first-order valence-corrected chi connectivity index (χ1v) is 5.83. The van der Waals surface area contributed by atoms with Gasteiger partial charge in [0.15, 0.2) is 0 Å². The van der Waals surface area contributed by atoms with Crippen LogP contribution in [-0.2, 0) is 4.74 Å². The molecular weight excluding hydrogens is 200 g/mol. The minimum Gasteiger partial charge on any atom is -0.368 e. The monoisotopic (exact) mass is 224 g/mol. The number of hydrogen-bond acceptors (Lipinski definition) is 3. The third-order valence-corrected chi connectivity index (χ3v) is 3.45. The van der Waals surface area contributed by atoms with Gasteiger partial charge in [0, 0.05) is 6.54 Å². The fourth-order valence-corrected chi connectivity index (χ4v) is 2.73. The van der Waals surface area contributed by atoms with Crippen molar-refractivity contribution >= 4 is 0 Å². The fraction of sp³-hybridized carbons (Fsp3) is 0.846. The minimum atomic E-state index is -0.263. The number of hydrogen-bond donors (Lipinski definition) is 2. The molecule has 0 amide bonds. The molecule has 0 aromatic rings. The maximum Gasteiger partial charge on any atom is 0.0828 e. The second-order valence-electron chi connectivity index (χ2n) is 5.62. The summed E-state index contributed by atoms with van der Waals surface area (Å²) < 4.78 is 6.08. The van der Waals surface area contributed by atoms with Crippen molar-refractivity contribution in [2.45, 2.75) is 57.8 Å². The summed E-state index contributed by atoms with van der Waals surface area (Å²) in [4.78, 5) is 0. The fourth-order valence-electron chi connectivity index (χ4n) is 2.73. The van der Waals surface area contributed by atoms with E-state index >= 15 is 0 Å². The van der Waals surface area contributed by atoms with Gasteiger partial charge in [-0.3, -0.25) is 5.32 Å². The van der Waals surface area contributed by atoms with E-state index < -0.39 is 0 Å². The average Bonchev–Trinajstić information content (AvgIpc) is 2.32. The van der Waals surface area contributed by atoms with Crippen LogP contribution in [0.2, 0.25) is 0 Å². The van der Waals surface area contributed by atoms with Crippen LogP contribution in [-0.4, -0.2) is 29.8 Å². The Morgan fingerprint density at radius 2 is 1.94 bits per heavy atom. The van der Waals surface area contributed by atoms with E-state index in [0.29, 0.717) is 13.1 Å². The summed E-state index contributed by atoms with van der Waals surface area (Å²) in [5, 5.41) is 3.47. The summed E-state index contributed by atoms with van der Waals surface area (Å²) >= 11 is 0. The SMILES string of the molecule is CC#CCNC1(CN)CC(C)(C)OC1(C)C. The number of nitrogens with one attached hydrogen (secondary N) is 1. The average molecular weight is 224 g/mol. The van der Waals surface area contributed by atoms with Gasteiger partial charge < -0.3 is 10.5 Å². The molecule has 3 heteroatoms. The molecule has 1 atom stereocenters. The summed E-state index contributed by atoms with van der Waals surface area (Å²) in [6.07, 6.45) is 0.912. The van der Waals surface area contributed by atoms with E-state index in [0.717, 1.165) is 6.42 Å². The van der Waals surface area contributed by atoms with E-state index in [-0.39, 0.29) is 16.7 Å². The van der Waals surface area contributed by atoms with Crippen molar-refractivity contribution in [2.24, 2.45) is 5.73 Å². The predicted molar refractivity (Wildman–Crippen MR) is 67.1 cm³/mol.